The summed E-state index contributed by atoms with van der Waals surface area (Å²) >= 11 is 0. The number of piperazine rings is 1. The second-order valence-corrected chi connectivity index (χ2v) is 10.0. The van der Waals surface area contributed by atoms with Gasteiger partial charge in [-0.3, -0.25) is 19.2 Å². The fourth-order valence-electron chi connectivity index (χ4n) is 5.19. The Morgan fingerprint density at radius 1 is 1.21 bits per heavy atom. The Morgan fingerprint density at radius 3 is 2.76 bits per heavy atom. The molecule has 1 saturated heterocycles. The van der Waals surface area contributed by atoms with Crippen LogP contribution in [0.25, 0.3) is 21.8 Å². The quantitative estimate of drug-likeness (QED) is 0.517. The van der Waals surface area contributed by atoms with Crippen molar-refractivity contribution in [1.82, 2.24) is 24.6 Å². The van der Waals surface area contributed by atoms with Crippen molar-refractivity contribution in [3.63, 3.8) is 0 Å². The number of methoxy groups -OCH3 is 1. The minimum atomic E-state index is -0.126. The summed E-state index contributed by atoms with van der Waals surface area (Å²) < 4.78 is 7.12. The van der Waals surface area contributed by atoms with Crippen LogP contribution in [0.4, 0.5) is 0 Å². The summed E-state index contributed by atoms with van der Waals surface area (Å²) in [5.41, 5.74) is 3.07. The number of aryl methyl sites for hydroxylation is 1. The molecule has 1 aliphatic carbocycles. The Hall–Kier alpha value is -2.71. The monoisotopic (exact) mass is 465 g/mol. The fourth-order valence-corrected chi connectivity index (χ4v) is 5.19. The van der Waals surface area contributed by atoms with Crippen LogP contribution in [0.2, 0.25) is 0 Å². The van der Waals surface area contributed by atoms with Crippen molar-refractivity contribution in [3.8, 4) is 0 Å². The number of carbonyl (C=O) groups excluding carboxylic acids is 1. The van der Waals surface area contributed by atoms with Gasteiger partial charge in [-0.1, -0.05) is 0 Å². The first-order valence-corrected chi connectivity index (χ1v) is 12.5. The topological polar surface area (TPSA) is 83.5 Å². The van der Waals surface area contributed by atoms with E-state index in [0.29, 0.717) is 22.9 Å². The van der Waals surface area contributed by atoms with Gasteiger partial charge in [0, 0.05) is 56.9 Å². The zero-order chi connectivity index (χ0) is 23.8. The van der Waals surface area contributed by atoms with E-state index in [4.69, 9.17) is 4.74 Å². The maximum absolute atomic E-state index is 13.6. The molecule has 2 aromatic heterocycles. The summed E-state index contributed by atoms with van der Waals surface area (Å²) in [6.07, 6.45) is 6.25. The molecule has 2 aliphatic rings. The van der Waals surface area contributed by atoms with Crippen LogP contribution in [0, 0.1) is 12.8 Å². The molecule has 3 heterocycles. The van der Waals surface area contributed by atoms with E-state index in [9.17, 15) is 9.59 Å². The second-order valence-electron chi connectivity index (χ2n) is 10.0. The number of fused-ring (bicyclic) bond motifs is 3. The highest BCUT2D eigenvalue weighted by Crippen LogP contribution is 2.33. The van der Waals surface area contributed by atoms with E-state index >= 15 is 0 Å². The number of hydrogen-bond donors (Lipinski definition) is 1. The predicted octanol–water partition coefficient (Wildman–Crippen LogP) is 3.17. The minimum absolute atomic E-state index is 0.0675. The van der Waals surface area contributed by atoms with Crippen LogP contribution in [-0.2, 0) is 11.3 Å². The van der Waals surface area contributed by atoms with Gasteiger partial charge in [0.05, 0.1) is 22.6 Å². The summed E-state index contributed by atoms with van der Waals surface area (Å²) in [6.45, 7) is 9.15. The average Bonchev–Trinajstić information content (AvgIpc) is 3.53. The minimum Gasteiger partial charge on any atom is -0.385 e. The van der Waals surface area contributed by atoms with Crippen LogP contribution in [-0.4, -0.2) is 76.4 Å². The van der Waals surface area contributed by atoms with E-state index in [1.165, 1.54) is 12.8 Å². The molecule has 1 aromatic carbocycles. The molecule has 3 aromatic rings. The van der Waals surface area contributed by atoms with E-state index in [0.717, 1.165) is 74.2 Å². The zero-order valence-electron chi connectivity index (χ0n) is 20.5. The van der Waals surface area contributed by atoms with Gasteiger partial charge in [-0.2, -0.15) is 5.10 Å². The van der Waals surface area contributed by atoms with E-state index in [2.05, 4.69) is 21.9 Å². The van der Waals surface area contributed by atoms with Crippen LogP contribution in [0.3, 0.4) is 0 Å². The van der Waals surface area contributed by atoms with E-state index < -0.39 is 0 Å². The number of amides is 1. The number of nitrogens with zero attached hydrogens (tertiary/aromatic N) is 4. The van der Waals surface area contributed by atoms with Crippen molar-refractivity contribution in [2.75, 3.05) is 39.9 Å². The molecule has 1 amide bonds. The number of ether oxygens (including phenoxy) is 1. The molecule has 182 valence electrons. The standard InChI is InChI=1S/C26H35N5O3/c1-17-12-23-21(24-22(25(32)28-23)14-27-31(24)16-19-6-7-19)13-20(17)26(33)30-10-9-29(18(2)15-30)8-4-5-11-34-3/h12-14,18-19H,4-11,15-16H2,1-3H3,(H,28,32)/t18-/m0/s1. The highest BCUT2D eigenvalue weighted by molar-refractivity contribution is 6.07. The van der Waals surface area contributed by atoms with Gasteiger partial charge in [-0.05, 0) is 69.7 Å². The van der Waals surface area contributed by atoms with Gasteiger partial charge in [0.25, 0.3) is 11.5 Å². The van der Waals surface area contributed by atoms with Crippen LogP contribution < -0.4 is 5.56 Å². The van der Waals surface area contributed by atoms with Crippen molar-refractivity contribution >= 4 is 27.7 Å². The molecule has 8 nitrogen and oxygen atoms in total. The van der Waals surface area contributed by atoms with Crippen molar-refractivity contribution in [1.29, 1.82) is 0 Å². The first kappa shape index (κ1) is 23.1. The van der Waals surface area contributed by atoms with Gasteiger partial charge in [0.15, 0.2) is 0 Å². The first-order valence-electron chi connectivity index (χ1n) is 12.5. The molecular formula is C26H35N5O3. The van der Waals surface area contributed by atoms with E-state index in [-0.39, 0.29) is 11.5 Å². The Bertz CT molecular complexity index is 1260. The summed E-state index contributed by atoms with van der Waals surface area (Å²) in [7, 11) is 1.74. The van der Waals surface area contributed by atoms with Gasteiger partial charge in [-0.15, -0.1) is 0 Å². The van der Waals surface area contributed by atoms with Crippen LogP contribution in [0.5, 0.6) is 0 Å². The number of pyridine rings is 1. The number of hydrogen-bond acceptors (Lipinski definition) is 5. The Kier molecular flexibility index (Phi) is 6.44. The molecule has 34 heavy (non-hydrogen) atoms. The lowest BCUT2D eigenvalue weighted by atomic mass is 10.0. The van der Waals surface area contributed by atoms with Gasteiger partial charge in [0.1, 0.15) is 0 Å². The Labute approximate surface area is 199 Å². The molecule has 0 radical (unpaired) electrons. The highest BCUT2D eigenvalue weighted by Gasteiger charge is 2.28. The van der Waals surface area contributed by atoms with E-state index in [1.807, 2.05) is 28.6 Å². The number of nitrogens with one attached hydrogen (secondary N) is 1. The molecule has 1 N–H and O–H groups in total. The van der Waals surface area contributed by atoms with E-state index in [1.54, 1.807) is 13.3 Å². The van der Waals surface area contributed by atoms with Gasteiger partial charge in [0.2, 0.25) is 0 Å². The molecule has 1 saturated carbocycles. The van der Waals surface area contributed by atoms with Crippen LogP contribution in [0.1, 0.15) is 48.5 Å². The second kappa shape index (κ2) is 9.50. The highest BCUT2D eigenvalue weighted by atomic mass is 16.5. The summed E-state index contributed by atoms with van der Waals surface area (Å²) in [6, 6.07) is 4.23. The number of H-pyrrole nitrogens is 1. The maximum atomic E-state index is 13.6. The maximum Gasteiger partial charge on any atom is 0.259 e. The average molecular weight is 466 g/mol. The third-order valence-electron chi connectivity index (χ3n) is 7.41. The lowest BCUT2D eigenvalue weighted by molar-refractivity contribution is 0.0505. The Balaban J connectivity index is 1.41. The Morgan fingerprint density at radius 2 is 2.03 bits per heavy atom. The number of carbonyl (C=O) groups is 1. The summed E-state index contributed by atoms with van der Waals surface area (Å²) in [4.78, 5) is 33.7. The smallest absolute Gasteiger partial charge is 0.259 e. The molecule has 1 aliphatic heterocycles. The molecule has 1 atom stereocenters. The number of aromatic nitrogens is 3. The molecular weight excluding hydrogens is 430 g/mol. The van der Waals surface area contributed by atoms with Crippen molar-refractivity contribution in [2.24, 2.45) is 5.92 Å². The molecule has 2 fully saturated rings. The molecule has 5 rings (SSSR count). The predicted molar refractivity (Wildman–Crippen MR) is 133 cm³/mol. The summed E-state index contributed by atoms with van der Waals surface area (Å²) in [5, 5.41) is 6.00. The lowest BCUT2D eigenvalue weighted by Gasteiger charge is -2.40. The summed E-state index contributed by atoms with van der Waals surface area (Å²) in [5.74, 6) is 0.703. The number of aromatic amines is 1. The van der Waals surface area contributed by atoms with Crippen molar-refractivity contribution in [2.45, 2.75) is 52.1 Å². The molecule has 0 unspecified atom stereocenters. The van der Waals surface area contributed by atoms with Gasteiger partial charge >= 0.3 is 0 Å². The SMILES string of the molecule is COCCCCN1CCN(C(=O)c2cc3c(cc2C)[nH]c(=O)c2cnn(CC4CC4)c23)C[C@@H]1C. The van der Waals surface area contributed by atoms with Gasteiger partial charge in [-0.25, -0.2) is 0 Å². The number of benzene rings is 1. The first-order chi connectivity index (χ1) is 16.5. The van der Waals surface area contributed by atoms with Crippen LogP contribution in [0.15, 0.2) is 23.1 Å². The van der Waals surface area contributed by atoms with Crippen molar-refractivity contribution in [3.05, 3.63) is 39.8 Å². The largest absolute Gasteiger partial charge is 0.385 e. The number of unbranched alkanes of at least 4 members (excludes halogenated alkanes) is 1. The number of rotatable bonds is 8. The van der Waals surface area contributed by atoms with Crippen LogP contribution >= 0.6 is 0 Å². The van der Waals surface area contributed by atoms with Gasteiger partial charge < -0.3 is 14.6 Å². The molecule has 0 bridgehead atoms. The fraction of sp³-hybridized carbons (Fsp3) is 0.577. The third kappa shape index (κ3) is 4.49. The molecule has 0 spiro atoms. The van der Waals surface area contributed by atoms with Crippen molar-refractivity contribution < 1.29 is 9.53 Å². The zero-order valence-corrected chi connectivity index (χ0v) is 20.5. The molecule has 8 heteroatoms. The lowest BCUT2D eigenvalue weighted by Crippen LogP contribution is -2.53. The third-order valence-corrected chi connectivity index (χ3v) is 7.41. The normalized spacial score (nSPS) is 19.4.